The topological polar surface area (TPSA) is 40.6 Å². The Hall–Kier alpha value is -1.40. The fourth-order valence-electron chi connectivity index (χ4n) is 3.96. The lowest BCUT2D eigenvalue weighted by Gasteiger charge is -2.21. The van der Waals surface area contributed by atoms with Gasteiger partial charge in [-0.1, -0.05) is 41.9 Å². The van der Waals surface area contributed by atoms with Crippen LogP contribution >= 0.6 is 11.6 Å². The van der Waals surface area contributed by atoms with Gasteiger partial charge in [0.15, 0.2) is 0 Å². The van der Waals surface area contributed by atoms with Crippen LogP contribution in [0.2, 0.25) is 5.02 Å². The molecule has 0 radical (unpaired) electrons. The van der Waals surface area contributed by atoms with E-state index in [2.05, 4.69) is 17.0 Å². The number of rotatable bonds is 4. The minimum Gasteiger partial charge on any atom is -0.298 e. The predicted octanol–water partition coefficient (Wildman–Crippen LogP) is 3.09. The predicted molar refractivity (Wildman–Crippen MR) is 98.9 cm³/mol. The van der Waals surface area contributed by atoms with E-state index in [1.165, 1.54) is 5.56 Å². The van der Waals surface area contributed by atoms with Crippen molar-refractivity contribution in [3.8, 4) is 0 Å². The summed E-state index contributed by atoms with van der Waals surface area (Å²) in [5, 5.41) is 0.754. The molecule has 0 amide bonds. The normalized spacial score (nSPS) is 24.5. The molecule has 4 nitrogen and oxygen atoms in total. The van der Waals surface area contributed by atoms with Gasteiger partial charge in [-0.15, -0.1) is 0 Å². The highest BCUT2D eigenvalue weighted by atomic mass is 35.5. The Kier molecular flexibility index (Phi) is 4.58. The first kappa shape index (κ1) is 17.0. The lowest BCUT2D eigenvalue weighted by Crippen LogP contribution is -2.33. The van der Waals surface area contributed by atoms with E-state index in [0.29, 0.717) is 29.8 Å². The third kappa shape index (κ3) is 3.47. The van der Waals surface area contributed by atoms with Crippen molar-refractivity contribution in [1.82, 2.24) is 9.21 Å². The van der Waals surface area contributed by atoms with E-state index in [1.807, 2.05) is 18.2 Å². The second-order valence-corrected chi connectivity index (χ2v) is 9.35. The van der Waals surface area contributed by atoms with E-state index in [4.69, 9.17) is 11.6 Å². The molecule has 2 fully saturated rings. The van der Waals surface area contributed by atoms with Crippen LogP contribution in [0.3, 0.4) is 0 Å². The highest BCUT2D eigenvalue weighted by Gasteiger charge is 2.44. The number of hydrogen-bond donors (Lipinski definition) is 0. The van der Waals surface area contributed by atoms with Crippen LogP contribution in [0.15, 0.2) is 59.5 Å². The Morgan fingerprint density at radius 2 is 1.48 bits per heavy atom. The van der Waals surface area contributed by atoms with E-state index in [-0.39, 0.29) is 0 Å². The van der Waals surface area contributed by atoms with Crippen molar-refractivity contribution >= 4 is 21.6 Å². The van der Waals surface area contributed by atoms with Crippen molar-refractivity contribution in [1.29, 1.82) is 0 Å². The maximum atomic E-state index is 12.8. The molecule has 0 aromatic heterocycles. The molecule has 25 heavy (non-hydrogen) atoms. The van der Waals surface area contributed by atoms with Crippen molar-refractivity contribution in [2.24, 2.45) is 11.8 Å². The number of fused-ring (bicyclic) bond motifs is 1. The van der Waals surface area contributed by atoms with Crippen molar-refractivity contribution in [3.05, 3.63) is 65.2 Å². The molecule has 2 aromatic carbocycles. The minimum absolute atomic E-state index is 0.396. The van der Waals surface area contributed by atoms with Crippen molar-refractivity contribution in [2.75, 3.05) is 26.2 Å². The molecule has 2 heterocycles. The average Bonchev–Trinajstić information content (AvgIpc) is 3.17. The zero-order chi connectivity index (χ0) is 17.4. The summed E-state index contributed by atoms with van der Waals surface area (Å²) in [6, 6.07) is 16.7. The first-order valence-electron chi connectivity index (χ1n) is 8.54. The standard InChI is InChI=1S/C19H21ClN2O2S/c20-18-8-6-15(7-9-18)10-21-11-16-13-22(14-17(16)12-21)25(23,24)19-4-2-1-3-5-19/h1-9,16-17H,10-14H2/t16-,17-/m1/s1. The van der Waals surface area contributed by atoms with E-state index in [1.54, 1.807) is 28.6 Å². The molecule has 0 aliphatic carbocycles. The fraction of sp³-hybridized carbons (Fsp3) is 0.368. The zero-order valence-electron chi connectivity index (χ0n) is 13.9. The van der Waals surface area contributed by atoms with Crippen molar-refractivity contribution in [3.63, 3.8) is 0 Å². The lowest BCUT2D eigenvalue weighted by atomic mass is 10.0. The first-order valence-corrected chi connectivity index (χ1v) is 10.4. The van der Waals surface area contributed by atoms with Crippen LogP contribution in [0.25, 0.3) is 0 Å². The summed E-state index contributed by atoms with van der Waals surface area (Å²) >= 11 is 5.94. The highest BCUT2D eigenvalue weighted by Crippen LogP contribution is 2.34. The largest absolute Gasteiger partial charge is 0.298 e. The summed E-state index contributed by atoms with van der Waals surface area (Å²) in [4.78, 5) is 2.82. The minimum atomic E-state index is -3.36. The third-order valence-corrected chi connectivity index (χ3v) is 7.33. The molecule has 0 spiro atoms. The van der Waals surface area contributed by atoms with Gasteiger partial charge in [0.1, 0.15) is 0 Å². The monoisotopic (exact) mass is 376 g/mol. The number of benzene rings is 2. The lowest BCUT2D eigenvalue weighted by molar-refractivity contribution is 0.289. The Morgan fingerprint density at radius 3 is 2.08 bits per heavy atom. The molecule has 0 bridgehead atoms. The molecule has 2 aliphatic rings. The Bertz CT molecular complexity index is 825. The van der Waals surface area contributed by atoms with Gasteiger partial charge in [0, 0.05) is 37.7 Å². The van der Waals surface area contributed by atoms with Gasteiger partial charge in [-0.05, 0) is 41.7 Å². The zero-order valence-corrected chi connectivity index (χ0v) is 15.5. The molecule has 0 N–H and O–H groups in total. The Morgan fingerprint density at radius 1 is 0.880 bits per heavy atom. The molecular weight excluding hydrogens is 356 g/mol. The van der Waals surface area contributed by atoms with E-state index in [9.17, 15) is 8.42 Å². The van der Waals surface area contributed by atoms with Gasteiger partial charge in [-0.3, -0.25) is 4.90 Å². The molecule has 2 aromatic rings. The van der Waals surface area contributed by atoms with Crippen molar-refractivity contribution in [2.45, 2.75) is 11.4 Å². The number of likely N-dealkylation sites (tertiary alicyclic amines) is 1. The van der Waals surface area contributed by atoms with Gasteiger partial charge in [0.2, 0.25) is 10.0 Å². The summed E-state index contributed by atoms with van der Waals surface area (Å²) < 4.78 is 27.2. The highest BCUT2D eigenvalue weighted by molar-refractivity contribution is 7.89. The second-order valence-electron chi connectivity index (χ2n) is 6.98. The van der Waals surface area contributed by atoms with Crippen LogP contribution in [0.1, 0.15) is 5.56 Å². The second kappa shape index (κ2) is 6.72. The molecule has 2 atom stereocenters. The van der Waals surface area contributed by atoms with Gasteiger partial charge < -0.3 is 0 Å². The quantitative estimate of drug-likeness (QED) is 0.823. The Labute approximate surface area is 154 Å². The number of sulfonamides is 1. The van der Waals surface area contributed by atoms with E-state index in [0.717, 1.165) is 24.7 Å². The summed E-state index contributed by atoms with van der Waals surface area (Å²) in [6.45, 7) is 4.05. The number of nitrogens with zero attached hydrogens (tertiary/aromatic N) is 2. The number of hydrogen-bond acceptors (Lipinski definition) is 3. The molecule has 0 unspecified atom stereocenters. The summed E-state index contributed by atoms with van der Waals surface area (Å²) in [5.41, 5.74) is 1.25. The van der Waals surface area contributed by atoms with Crippen LogP contribution in [0.5, 0.6) is 0 Å². The maximum Gasteiger partial charge on any atom is 0.243 e. The van der Waals surface area contributed by atoms with Crippen LogP contribution in [-0.4, -0.2) is 43.8 Å². The van der Waals surface area contributed by atoms with Crippen LogP contribution in [0, 0.1) is 11.8 Å². The van der Waals surface area contributed by atoms with Gasteiger partial charge in [0.05, 0.1) is 4.90 Å². The van der Waals surface area contributed by atoms with E-state index >= 15 is 0 Å². The molecular formula is C19H21ClN2O2S. The van der Waals surface area contributed by atoms with Gasteiger partial charge in [-0.25, -0.2) is 8.42 Å². The maximum absolute atomic E-state index is 12.8. The molecule has 0 saturated carbocycles. The molecule has 132 valence electrons. The molecule has 6 heteroatoms. The summed E-state index contributed by atoms with van der Waals surface area (Å²) in [6.07, 6.45) is 0. The average molecular weight is 377 g/mol. The van der Waals surface area contributed by atoms with Crippen molar-refractivity contribution < 1.29 is 8.42 Å². The smallest absolute Gasteiger partial charge is 0.243 e. The first-order chi connectivity index (χ1) is 12.0. The third-order valence-electron chi connectivity index (χ3n) is 5.23. The van der Waals surface area contributed by atoms with Crippen LogP contribution < -0.4 is 0 Å². The molecule has 4 rings (SSSR count). The van der Waals surface area contributed by atoms with Gasteiger partial charge in [0.25, 0.3) is 0 Å². The van der Waals surface area contributed by atoms with Gasteiger partial charge >= 0.3 is 0 Å². The summed E-state index contributed by atoms with van der Waals surface area (Å²) in [7, 11) is -3.36. The molecule has 2 aliphatic heterocycles. The van der Waals surface area contributed by atoms with Gasteiger partial charge in [-0.2, -0.15) is 4.31 Å². The number of halogens is 1. The fourth-order valence-corrected chi connectivity index (χ4v) is 5.66. The van der Waals surface area contributed by atoms with Crippen LogP contribution in [-0.2, 0) is 16.6 Å². The van der Waals surface area contributed by atoms with E-state index < -0.39 is 10.0 Å². The summed E-state index contributed by atoms with van der Waals surface area (Å²) in [5.74, 6) is 0.844. The Balaban J connectivity index is 1.40. The van der Waals surface area contributed by atoms with Crippen LogP contribution in [0.4, 0.5) is 0 Å². The molecule has 2 saturated heterocycles. The SMILES string of the molecule is O=S(=O)(c1ccccc1)N1C[C@H]2CN(Cc3ccc(Cl)cc3)C[C@@H]2C1.